The molecule has 8 nitrogen and oxygen atoms in total. The van der Waals surface area contributed by atoms with Crippen LogP contribution >= 0.6 is 27.7 Å². The van der Waals surface area contributed by atoms with Crippen LogP contribution in [0.4, 0.5) is 11.4 Å². The molecule has 188 valence electrons. The number of nitrogens with zero attached hydrogens (tertiary/aromatic N) is 4. The third-order valence-corrected chi connectivity index (χ3v) is 7.28. The lowest BCUT2D eigenvalue weighted by molar-refractivity contribution is -0.113. The highest BCUT2D eigenvalue weighted by Gasteiger charge is 2.22. The molecular weight excluding hydrogens is 554 g/mol. The van der Waals surface area contributed by atoms with Crippen molar-refractivity contribution in [2.75, 3.05) is 42.1 Å². The lowest BCUT2D eigenvalue weighted by Crippen LogP contribution is -2.48. The predicted molar refractivity (Wildman–Crippen MR) is 148 cm³/mol. The molecule has 1 N–H and O–H groups in total. The zero-order chi connectivity index (χ0) is 25.6. The Morgan fingerprint density at radius 3 is 2.30 bits per heavy atom. The van der Waals surface area contributed by atoms with Gasteiger partial charge in [-0.15, -0.1) is 10.2 Å². The molecule has 5 rings (SSSR count). The van der Waals surface area contributed by atoms with E-state index in [0.29, 0.717) is 29.9 Å². The standard InChI is InChI=1S/C27H24BrN5O3S/c28-21-8-6-19(7-9-21)25-30-31-27(36-25)37-18-24(34)29-22-10-12-23(13-11-22)32-14-16-33(17-15-32)26(35)20-4-2-1-3-5-20/h1-13H,14-18H2,(H,29,34). The van der Waals surface area contributed by atoms with Gasteiger partial charge in [0, 0.05) is 53.2 Å². The summed E-state index contributed by atoms with van der Waals surface area (Å²) in [7, 11) is 0. The van der Waals surface area contributed by atoms with E-state index in [0.717, 1.165) is 34.4 Å². The SMILES string of the molecule is O=C(CSc1nnc(-c2ccc(Br)cc2)o1)Nc1ccc(N2CCN(C(=O)c3ccccc3)CC2)cc1. The van der Waals surface area contributed by atoms with Gasteiger partial charge in [-0.2, -0.15) is 0 Å². The Hall–Kier alpha value is -3.63. The van der Waals surface area contributed by atoms with Crippen molar-refractivity contribution < 1.29 is 14.0 Å². The number of carbonyl (C=O) groups is 2. The molecule has 2 heterocycles. The topological polar surface area (TPSA) is 91.6 Å². The minimum Gasteiger partial charge on any atom is -0.411 e. The molecule has 2 amide bonds. The first-order valence-electron chi connectivity index (χ1n) is 11.8. The molecule has 0 spiro atoms. The number of nitrogens with one attached hydrogen (secondary N) is 1. The number of piperazine rings is 1. The fraction of sp³-hybridized carbons (Fsp3) is 0.185. The van der Waals surface area contributed by atoms with Crippen LogP contribution in [0.1, 0.15) is 10.4 Å². The molecule has 10 heteroatoms. The van der Waals surface area contributed by atoms with Gasteiger partial charge in [0.05, 0.1) is 5.75 Å². The smallest absolute Gasteiger partial charge is 0.277 e. The molecule has 4 aromatic rings. The van der Waals surface area contributed by atoms with Gasteiger partial charge in [-0.05, 0) is 60.7 Å². The van der Waals surface area contributed by atoms with Crippen molar-refractivity contribution in [1.29, 1.82) is 0 Å². The van der Waals surface area contributed by atoms with E-state index >= 15 is 0 Å². The summed E-state index contributed by atoms with van der Waals surface area (Å²) in [6.45, 7) is 2.85. The van der Waals surface area contributed by atoms with Gasteiger partial charge in [-0.3, -0.25) is 9.59 Å². The molecule has 0 radical (unpaired) electrons. The van der Waals surface area contributed by atoms with Gasteiger partial charge in [0.2, 0.25) is 11.8 Å². The van der Waals surface area contributed by atoms with E-state index < -0.39 is 0 Å². The number of hydrogen-bond donors (Lipinski definition) is 1. The maximum Gasteiger partial charge on any atom is 0.277 e. The Balaban J connectivity index is 1.08. The van der Waals surface area contributed by atoms with Crippen LogP contribution in [0.25, 0.3) is 11.5 Å². The Morgan fingerprint density at radius 2 is 1.59 bits per heavy atom. The van der Waals surface area contributed by atoms with E-state index in [-0.39, 0.29) is 17.6 Å². The summed E-state index contributed by atoms with van der Waals surface area (Å²) in [4.78, 5) is 29.2. The van der Waals surface area contributed by atoms with Crippen molar-refractivity contribution in [3.05, 3.63) is 88.9 Å². The van der Waals surface area contributed by atoms with E-state index in [2.05, 4.69) is 36.3 Å². The average Bonchev–Trinajstić information content (AvgIpc) is 3.42. The fourth-order valence-electron chi connectivity index (χ4n) is 3.99. The Kier molecular flexibility index (Phi) is 7.86. The Labute approximate surface area is 227 Å². The Morgan fingerprint density at radius 1 is 0.892 bits per heavy atom. The zero-order valence-corrected chi connectivity index (χ0v) is 22.2. The molecule has 1 aromatic heterocycles. The lowest BCUT2D eigenvalue weighted by atomic mass is 10.1. The summed E-state index contributed by atoms with van der Waals surface area (Å²) < 4.78 is 6.62. The van der Waals surface area contributed by atoms with Crippen molar-refractivity contribution in [1.82, 2.24) is 15.1 Å². The summed E-state index contributed by atoms with van der Waals surface area (Å²) in [5.41, 5.74) is 3.31. The van der Waals surface area contributed by atoms with E-state index in [9.17, 15) is 9.59 Å². The molecule has 1 aliphatic rings. The van der Waals surface area contributed by atoms with Crippen molar-refractivity contribution in [2.45, 2.75) is 5.22 Å². The van der Waals surface area contributed by atoms with Crippen LogP contribution in [0.3, 0.4) is 0 Å². The van der Waals surface area contributed by atoms with Crippen LogP contribution in [-0.4, -0.2) is 58.8 Å². The largest absolute Gasteiger partial charge is 0.411 e. The molecule has 3 aromatic carbocycles. The number of halogens is 1. The number of anilines is 2. The minimum atomic E-state index is -0.158. The average molecular weight is 578 g/mol. The highest BCUT2D eigenvalue weighted by molar-refractivity contribution is 9.10. The normalized spacial score (nSPS) is 13.4. The first-order chi connectivity index (χ1) is 18.0. The van der Waals surface area contributed by atoms with Crippen LogP contribution in [0.5, 0.6) is 0 Å². The van der Waals surface area contributed by atoms with Gasteiger partial charge < -0.3 is 19.5 Å². The minimum absolute atomic E-state index is 0.0706. The van der Waals surface area contributed by atoms with Crippen molar-refractivity contribution in [3.8, 4) is 11.5 Å². The van der Waals surface area contributed by atoms with Crippen molar-refractivity contribution in [3.63, 3.8) is 0 Å². The molecule has 1 aliphatic heterocycles. The second-order valence-corrected chi connectivity index (χ2v) is 10.3. The number of amides is 2. The number of aromatic nitrogens is 2. The number of carbonyl (C=O) groups excluding carboxylic acids is 2. The maximum absolute atomic E-state index is 12.7. The van der Waals surface area contributed by atoms with Crippen LogP contribution in [0.2, 0.25) is 0 Å². The zero-order valence-electron chi connectivity index (χ0n) is 19.8. The summed E-state index contributed by atoms with van der Waals surface area (Å²) in [6.07, 6.45) is 0. The van der Waals surface area contributed by atoms with Crippen LogP contribution < -0.4 is 10.2 Å². The van der Waals surface area contributed by atoms with Crippen molar-refractivity contribution in [2.24, 2.45) is 0 Å². The molecule has 0 aliphatic carbocycles. The Bertz CT molecular complexity index is 1360. The van der Waals surface area contributed by atoms with Gasteiger partial charge in [-0.25, -0.2) is 0 Å². The van der Waals surface area contributed by atoms with E-state index in [1.54, 1.807) is 0 Å². The maximum atomic E-state index is 12.7. The fourth-order valence-corrected chi connectivity index (χ4v) is 4.82. The van der Waals surface area contributed by atoms with E-state index in [1.165, 1.54) is 11.8 Å². The predicted octanol–water partition coefficient (Wildman–Crippen LogP) is 5.19. The van der Waals surface area contributed by atoms with Crippen LogP contribution in [0, 0.1) is 0 Å². The molecule has 1 saturated heterocycles. The number of thioether (sulfide) groups is 1. The van der Waals surface area contributed by atoms with Gasteiger partial charge in [0.1, 0.15) is 0 Å². The molecule has 0 unspecified atom stereocenters. The lowest BCUT2D eigenvalue weighted by Gasteiger charge is -2.36. The highest BCUT2D eigenvalue weighted by Crippen LogP contribution is 2.25. The monoisotopic (exact) mass is 577 g/mol. The molecule has 0 atom stereocenters. The van der Waals surface area contributed by atoms with Gasteiger partial charge >= 0.3 is 0 Å². The third-order valence-electron chi connectivity index (χ3n) is 5.93. The first kappa shape index (κ1) is 25.0. The summed E-state index contributed by atoms with van der Waals surface area (Å²) in [6, 6.07) is 24.7. The first-order valence-corrected chi connectivity index (χ1v) is 13.5. The summed E-state index contributed by atoms with van der Waals surface area (Å²) in [5, 5.41) is 11.3. The highest BCUT2D eigenvalue weighted by atomic mass is 79.9. The van der Waals surface area contributed by atoms with Crippen LogP contribution in [0.15, 0.2) is 93.0 Å². The third kappa shape index (κ3) is 6.39. The summed E-state index contributed by atoms with van der Waals surface area (Å²) >= 11 is 4.59. The molecule has 37 heavy (non-hydrogen) atoms. The van der Waals surface area contributed by atoms with Crippen LogP contribution in [-0.2, 0) is 4.79 Å². The summed E-state index contributed by atoms with van der Waals surface area (Å²) in [5.74, 6) is 0.480. The van der Waals surface area contributed by atoms with Gasteiger partial charge in [-0.1, -0.05) is 45.9 Å². The van der Waals surface area contributed by atoms with Crippen molar-refractivity contribution >= 4 is 50.9 Å². The number of rotatable bonds is 7. The molecule has 1 fully saturated rings. The second kappa shape index (κ2) is 11.6. The van der Waals surface area contributed by atoms with E-state index in [1.807, 2.05) is 83.8 Å². The second-order valence-electron chi connectivity index (χ2n) is 8.41. The van der Waals surface area contributed by atoms with Gasteiger partial charge in [0.15, 0.2) is 0 Å². The number of benzene rings is 3. The molecule has 0 saturated carbocycles. The quantitative estimate of drug-likeness (QED) is 0.302. The number of hydrogen-bond acceptors (Lipinski definition) is 7. The van der Waals surface area contributed by atoms with E-state index in [4.69, 9.17) is 4.42 Å². The molecule has 0 bridgehead atoms. The molecular formula is C27H24BrN5O3S. The van der Waals surface area contributed by atoms with Gasteiger partial charge in [0.25, 0.3) is 11.1 Å².